The van der Waals surface area contributed by atoms with Crippen molar-refractivity contribution in [3.8, 4) is 5.69 Å². The first-order valence-electron chi connectivity index (χ1n) is 9.29. The van der Waals surface area contributed by atoms with Gasteiger partial charge in [-0.05, 0) is 36.8 Å². The van der Waals surface area contributed by atoms with E-state index in [9.17, 15) is 9.59 Å². The lowest BCUT2D eigenvalue weighted by Crippen LogP contribution is -2.29. The Labute approximate surface area is 166 Å². The van der Waals surface area contributed by atoms with Gasteiger partial charge < -0.3 is 5.32 Å². The first kappa shape index (κ1) is 18.5. The second kappa shape index (κ2) is 8.05. The molecule has 3 heterocycles. The summed E-state index contributed by atoms with van der Waals surface area (Å²) in [6, 6.07) is 13.2. The van der Waals surface area contributed by atoms with Crippen LogP contribution < -0.4 is 10.9 Å². The van der Waals surface area contributed by atoms with Crippen LogP contribution in [0.1, 0.15) is 17.8 Å². The zero-order valence-electron chi connectivity index (χ0n) is 15.9. The first-order chi connectivity index (χ1) is 14.1. The largest absolute Gasteiger partial charge is 0.352 e. The SMILES string of the molecule is Cc1nc2c(cnn2-c2ccccc2)c(=O)n1CCC(=O)NCc1ccncc1. The van der Waals surface area contributed by atoms with Gasteiger partial charge in [-0.25, -0.2) is 9.67 Å². The predicted octanol–water partition coefficient (Wildman–Crippen LogP) is 1.99. The van der Waals surface area contributed by atoms with Crippen LogP contribution in [-0.4, -0.2) is 30.2 Å². The van der Waals surface area contributed by atoms with E-state index >= 15 is 0 Å². The topological polar surface area (TPSA) is 94.7 Å². The molecule has 0 spiro atoms. The minimum atomic E-state index is -0.198. The van der Waals surface area contributed by atoms with Gasteiger partial charge in [0.25, 0.3) is 5.56 Å². The fraction of sp³-hybridized carbons (Fsp3) is 0.190. The van der Waals surface area contributed by atoms with Crippen LogP contribution in [0.3, 0.4) is 0 Å². The molecule has 146 valence electrons. The van der Waals surface area contributed by atoms with E-state index in [2.05, 4.69) is 20.4 Å². The number of pyridine rings is 1. The zero-order valence-corrected chi connectivity index (χ0v) is 15.9. The molecule has 0 fully saturated rings. The summed E-state index contributed by atoms with van der Waals surface area (Å²) in [6.07, 6.45) is 5.07. The average molecular weight is 388 g/mol. The Kier molecular flexibility index (Phi) is 5.15. The molecule has 1 amide bonds. The van der Waals surface area contributed by atoms with Crippen molar-refractivity contribution >= 4 is 16.9 Å². The van der Waals surface area contributed by atoms with Gasteiger partial charge in [0.1, 0.15) is 11.2 Å². The van der Waals surface area contributed by atoms with E-state index in [1.165, 1.54) is 10.8 Å². The molecule has 0 aliphatic rings. The summed E-state index contributed by atoms with van der Waals surface area (Å²) in [7, 11) is 0. The highest BCUT2D eigenvalue weighted by atomic mass is 16.1. The molecule has 0 bridgehead atoms. The molecule has 4 rings (SSSR count). The molecule has 0 unspecified atom stereocenters. The number of para-hydroxylation sites is 1. The Morgan fingerprint density at radius 1 is 1.10 bits per heavy atom. The van der Waals surface area contributed by atoms with Crippen LogP contribution in [0.15, 0.2) is 65.8 Å². The molecule has 3 aromatic heterocycles. The molecule has 8 nitrogen and oxygen atoms in total. The van der Waals surface area contributed by atoms with Crippen molar-refractivity contribution in [3.63, 3.8) is 0 Å². The summed E-state index contributed by atoms with van der Waals surface area (Å²) in [6.45, 7) is 2.45. The van der Waals surface area contributed by atoms with Gasteiger partial charge in [0.15, 0.2) is 5.65 Å². The van der Waals surface area contributed by atoms with E-state index in [-0.39, 0.29) is 24.4 Å². The molecular formula is C21H20N6O2. The number of hydrogen-bond acceptors (Lipinski definition) is 5. The third-order valence-electron chi connectivity index (χ3n) is 4.68. The maximum Gasteiger partial charge on any atom is 0.264 e. The number of amides is 1. The molecule has 0 radical (unpaired) electrons. The Bertz CT molecular complexity index is 1200. The lowest BCUT2D eigenvalue weighted by Gasteiger charge is -2.10. The summed E-state index contributed by atoms with van der Waals surface area (Å²) in [5.74, 6) is 0.412. The van der Waals surface area contributed by atoms with Crippen LogP contribution in [0.5, 0.6) is 0 Å². The Morgan fingerprint density at radius 2 is 1.86 bits per heavy atom. The van der Waals surface area contributed by atoms with Crippen LogP contribution in [0.2, 0.25) is 0 Å². The normalized spacial score (nSPS) is 10.9. The molecule has 0 aliphatic carbocycles. The van der Waals surface area contributed by atoms with Gasteiger partial charge in [-0.15, -0.1) is 0 Å². The maximum atomic E-state index is 12.9. The van der Waals surface area contributed by atoms with Crippen molar-refractivity contribution in [3.05, 3.63) is 82.8 Å². The van der Waals surface area contributed by atoms with Crippen molar-refractivity contribution in [2.45, 2.75) is 26.4 Å². The van der Waals surface area contributed by atoms with Crippen LogP contribution in [-0.2, 0) is 17.9 Å². The van der Waals surface area contributed by atoms with Crippen LogP contribution >= 0.6 is 0 Å². The fourth-order valence-corrected chi connectivity index (χ4v) is 3.13. The fourth-order valence-electron chi connectivity index (χ4n) is 3.13. The maximum absolute atomic E-state index is 12.9. The van der Waals surface area contributed by atoms with Gasteiger partial charge in [0.05, 0.1) is 11.9 Å². The highest BCUT2D eigenvalue weighted by molar-refractivity contribution is 5.76. The Hall–Kier alpha value is -3.81. The number of nitrogens with zero attached hydrogens (tertiary/aromatic N) is 5. The molecule has 1 aromatic carbocycles. The number of rotatable bonds is 6. The average Bonchev–Trinajstić information content (AvgIpc) is 3.17. The summed E-state index contributed by atoms with van der Waals surface area (Å²) in [4.78, 5) is 33.6. The van der Waals surface area contributed by atoms with E-state index in [1.54, 1.807) is 24.0 Å². The third-order valence-corrected chi connectivity index (χ3v) is 4.68. The van der Waals surface area contributed by atoms with E-state index in [1.807, 2.05) is 42.5 Å². The van der Waals surface area contributed by atoms with Gasteiger partial charge in [0.2, 0.25) is 5.91 Å². The molecule has 0 atom stereocenters. The van der Waals surface area contributed by atoms with E-state index in [0.717, 1.165) is 11.3 Å². The van der Waals surface area contributed by atoms with E-state index < -0.39 is 0 Å². The monoisotopic (exact) mass is 388 g/mol. The highest BCUT2D eigenvalue weighted by Crippen LogP contribution is 2.14. The van der Waals surface area contributed by atoms with E-state index in [0.29, 0.717) is 23.4 Å². The van der Waals surface area contributed by atoms with Crippen LogP contribution in [0, 0.1) is 6.92 Å². The van der Waals surface area contributed by atoms with Gasteiger partial charge in [-0.2, -0.15) is 5.10 Å². The molecular weight excluding hydrogens is 368 g/mol. The lowest BCUT2D eigenvalue weighted by atomic mass is 10.2. The van der Waals surface area contributed by atoms with Crippen LogP contribution in [0.25, 0.3) is 16.7 Å². The number of carbonyl (C=O) groups is 1. The molecule has 0 aliphatic heterocycles. The number of carbonyl (C=O) groups excluding carboxylic acids is 1. The number of fused-ring (bicyclic) bond motifs is 1. The quantitative estimate of drug-likeness (QED) is 0.545. The predicted molar refractivity (Wildman–Crippen MR) is 109 cm³/mol. The summed E-state index contributed by atoms with van der Waals surface area (Å²) >= 11 is 0. The van der Waals surface area contributed by atoms with Crippen LogP contribution in [0.4, 0.5) is 0 Å². The molecule has 0 saturated heterocycles. The lowest BCUT2D eigenvalue weighted by molar-refractivity contribution is -0.121. The number of nitrogens with one attached hydrogen (secondary N) is 1. The molecule has 1 N–H and O–H groups in total. The molecule has 0 saturated carbocycles. The molecule has 4 aromatic rings. The van der Waals surface area contributed by atoms with E-state index in [4.69, 9.17) is 0 Å². The van der Waals surface area contributed by atoms with Gasteiger partial charge in [-0.1, -0.05) is 18.2 Å². The third kappa shape index (κ3) is 3.91. The smallest absolute Gasteiger partial charge is 0.264 e. The standard InChI is InChI=1S/C21H20N6O2/c1-15-25-20-18(14-24-27(20)17-5-3-2-4-6-17)21(29)26(15)12-9-19(28)23-13-16-7-10-22-11-8-16/h2-8,10-11,14H,9,12-13H2,1H3,(H,23,28). The highest BCUT2D eigenvalue weighted by Gasteiger charge is 2.14. The number of aryl methyl sites for hydroxylation is 1. The first-order valence-corrected chi connectivity index (χ1v) is 9.29. The second-order valence-corrected chi connectivity index (χ2v) is 6.63. The Balaban J connectivity index is 1.51. The van der Waals surface area contributed by atoms with Gasteiger partial charge in [-0.3, -0.25) is 19.1 Å². The minimum Gasteiger partial charge on any atom is -0.352 e. The van der Waals surface area contributed by atoms with Crippen molar-refractivity contribution in [2.24, 2.45) is 0 Å². The van der Waals surface area contributed by atoms with Gasteiger partial charge >= 0.3 is 0 Å². The van der Waals surface area contributed by atoms with Crippen molar-refractivity contribution in [1.82, 2.24) is 29.6 Å². The number of hydrogen-bond donors (Lipinski definition) is 1. The molecule has 8 heteroatoms. The second-order valence-electron chi connectivity index (χ2n) is 6.63. The summed E-state index contributed by atoms with van der Waals surface area (Å²) in [5.41, 5.74) is 2.12. The molecule has 29 heavy (non-hydrogen) atoms. The van der Waals surface area contributed by atoms with Crippen molar-refractivity contribution < 1.29 is 4.79 Å². The number of aromatic nitrogens is 5. The van der Waals surface area contributed by atoms with Gasteiger partial charge in [0, 0.05) is 31.9 Å². The minimum absolute atomic E-state index is 0.131. The number of benzene rings is 1. The van der Waals surface area contributed by atoms with Crippen molar-refractivity contribution in [2.75, 3.05) is 0 Å². The summed E-state index contributed by atoms with van der Waals surface area (Å²) in [5, 5.41) is 7.60. The van der Waals surface area contributed by atoms with Crippen molar-refractivity contribution in [1.29, 1.82) is 0 Å². The Morgan fingerprint density at radius 3 is 2.62 bits per heavy atom. The zero-order chi connectivity index (χ0) is 20.2. The summed E-state index contributed by atoms with van der Waals surface area (Å²) < 4.78 is 3.17.